The third-order valence-corrected chi connectivity index (χ3v) is 5.14. The minimum absolute atomic E-state index is 0.00935. The van der Waals surface area contributed by atoms with Crippen LogP contribution in [0.15, 0.2) is 42.7 Å². The van der Waals surface area contributed by atoms with Gasteiger partial charge in [-0.3, -0.25) is 9.78 Å². The van der Waals surface area contributed by atoms with Crippen molar-refractivity contribution in [3.05, 3.63) is 59.4 Å². The van der Waals surface area contributed by atoms with Crippen LogP contribution in [0.1, 0.15) is 41.3 Å². The van der Waals surface area contributed by atoms with Crippen LogP contribution in [0, 0.1) is 0 Å². The summed E-state index contributed by atoms with van der Waals surface area (Å²) in [5.74, 6) is 0.976. The monoisotopic (exact) mass is 308 g/mol. The predicted octanol–water partition coefficient (Wildman–Crippen LogP) is 2.87. The van der Waals surface area contributed by atoms with Crippen LogP contribution >= 0.6 is 0 Å². The molecule has 1 aliphatic heterocycles. The van der Waals surface area contributed by atoms with Crippen molar-refractivity contribution in [1.82, 2.24) is 10.3 Å². The normalized spacial score (nSPS) is 24.7. The Kier molecular flexibility index (Phi) is 3.33. The molecule has 1 fully saturated rings. The number of aromatic nitrogens is 1. The summed E-state index contributed by atoms with van der Waals surface area (Å²) in [4.78, 5) is 16.8. The standard InChI is InChI=1S/C19H20N2O2/c1-2-13-12-20-9-7-14(13)18(22)21-17-11-19(17)8-10-23-16-6-4-3-5-15(16)19/h3-7,9,12,17H,2,8,10-11H2,1H3,(H,21,22)/t17-,19+/m1/s1. The van der Waals surface area contributed by atoms with E-state index in [1.165, 1.54) is 5.56 Å². The molecule has 2 aliphatic rings. The molecule has 2 heterocycles. The van der Waals surface area contributed by atoms with E-state index in [1.807, 2.05) is 25.1 Å². The van der Waals surface area contributed by atoms with Gasteiger partial charge >= 0.3 is 0 Å². The van der Waals surface area contributed by atoms with E-state index in [1.54, 1.807) is 18.5 Å². The van der Waals surface area contributed by atoms with Crippen LogP contribution in [0.5, 0.6) is 5.75 Å². The number of fused-ring (bicyclic) bond motifs is 2. The molecular formula is C19H20N2O2. The molecule has 1 aromatic carbocycles. The van der Waals surface area contributed by atoms with E-state index in [-0.39, 0.29) is 17.4 Å². The number of nitrogens with zero attached hydrogens (tertiary/aromatic N) is 1. The second kappa shape index (κ2) is 5.37. The number of pyridine rings is 1. The van der Waals surface area contributed by atoms with Crippen molar-refractivity contribution in [1.29, 1.82) is 0 Å². The maximum absolute atomic E-state index is 12.6. The Morgan fingerprint density at radius 1 is 1.39 bits per heavy atom. The zero-order valence-corrected chi connectivity index (χ0v) is 13.2. The van der Waals surface area contributed by atoms with Crippen molar-refractivity contribution in [2.45, 2.75) is 37.6 Å². The van der Waals surface area contributed by atoms with Gasteiger partial charge in [-0.15, -0.1) is 0 Å². The van der Waals surface area contributed by atoms with Crippen molar-refractivity contribution in [2.75, 3.05) is 6.61 Å². The van der Waals surface area contributed by atoms with Crippen LogP contribution in [0.4, 0.5) is 0 Å². The molecule has 2 aromatic rings. The Balaban J connectivity index is 1.56. The van der Waals surface area contributed by atoms with Gasteiger partial charge in [-0.1, -0.05) is 25.1 Å². The van der Waals surface area contributed by atoms with Crippen molar-refractivity contribution in [3.8, 4) is 5.75 Å². The molecular weight excluding hydrogens is 288 g/mol. The van der Waals surface area contributed by atoms with E-state index >= 15 is 0 Å². The average Bonchev–Trinajstić information content (AvgIpc) is 3.27. The van der Waals surface area contributed by atoms with Gasteiger partial charge in [-0.05, 0) is 37.0 Å². The molecule has 4 nitrogen and oxygen atoms in total. The fraction of sp³-hybridized carbons (Fsp3) is 0.368. The highest BCUT2D eigenvalue weighted by molar-refractivity contribution is 5.96. The number of hydrogen-bond donors (Lipinski definition) is 1. The second-order valence-corrected chi connectivity index (χ2v) is 6.37. The Labute approximate surface area is 135 Å². The maximum Gasteiger partial charge on any atom is 0.251 e. The molecule has 4 heteroatoms. The van der Waals surface area contributed by atoms with E-state index in [9.17, 15) is 4.79 Å². The third-order valence-electron chi connectivity index (χ3n) is 5.14. The van der Waals surface area contributed by atoms with Crippen LogP contribution in [0.25, 0.3) is 0 Å². The van der Waals surface area contributed by atoms with Gasteiger partial charge in [0.25, 0.3) is 5.91 Å². The van der Waals surface area contributed by atoms with Gasteiger partial charge < -0.3 is 10.1 Å². The molecule has 23 heavy (non-hydrogen) atoms. The lowest BCUT2D eigenvalue weighted by atomic mass is 9.89. The van der Waals surface area contributed by atoms with Gasteiger partial charge in [0, 0.05) is 35.0 Å². The summed E-state index contributed by atoms with van der Waals surface area (Å²) in [6.07, 6.45) is 6.22. The van der Waals surface area contributed by atoms with Gasteiger partial charge in [0.2, 0.25) is 0 Å². The number of benzene rings is 1. The Morgan fingerprint density at radius 2 is 2.26 bits per heavy atom. The number of ether oxygens (including phenoxy) is 1. The number of hydrogen-bond acceptors (Lipinski definition) is 3. The van der Waals surface area contributed by atoms with E-state index in [4.69, 9.17) is 4.74 Å². The summed E-state index contributed by atoms with van der Waals surface area (Å²) in [6.45, 7) is 2.76. The summed E-state index contributed by atoms with van der Waals surface area (Å²) in [5.41, 5.74) is 3.03. The van der Waals surface area contributed by atoms with E-state index in [2.05, 4.69) is 16.4 Å². The smallest absolute Gasteiger partial charge is 0.251 e. The molecule has 1 saturated carbocycles. The molecule has 1 aliphatic carbocycles. The molecule has 118 valence electrons. The minimum atomic E-state index is 0.00935. The highest BCUT2D eigenvalue weighted by Gasteiger charge is 2.58. The van der Waals surface area contributed by atoms with Crippen molar-refractivity contribution < 1.29 is 9.53 Å². The first-order valence-corrected chi connectivity index (χ1v) is 8.20. The fourth-order valence-corrected chi connectivity index (χ4v) is 3.72. The second-order valence-electron chi connectivity index (χ2n) is 6.37. The van der Waals surface area contributed by atoms with Crippen LogP contribution < -0.4 is 10.1 Å². The van der Waals surface area contributed by atoms with Gasteiger partial charge in [-0.25, -0.2) is 0 Å². The lowest BCUT2D eigenvalue weighted by Gasteiger charge is -2.27. The van der Waals surface area contributed by atoms with Crippen molar-refractivity contribution in [2.24, 2.45) is 0 Å². The van der Waals surface area contributed by atoms with Crippen molar-refractivity contribution >= 4 is 5.91 Å². The SMILES string of the molecule is CCc1cnccc1C(=O)N[C@@H]1C[C@]12CCOc1ccccc12. The first kappa shape index (κ1) is 14.2. The topological polar surface area (TPSA) is 51.2 Å². The lowest BCUT2D eigenvalue weighted by Crippen LogP contribution is -2.34. The molecule has 0 saturated heterocycles. The Morgan fingerprint density at radius 3 is 3.13 bits per heavy atom. The molecule has 0 bridgehead atoms. The van der Waals surface area contributed by atoms with Crippen LogP contribution in [0.2, 0.25) is 0 Å². The number of aryl methyl sites for hydroxylation is 1. The largest absolute Gasteiger partial charge is 0.493 e. The van der Waals surface area contributed by atoms with Crippen LogP contribution in [-0.2, 0) is 11.8 Å². The molecule has 4 rings (SSSR count). The minimum Gasteiger partial charge on any atom is -0.493 e. The number of amides is 1. The van der Waals surface area contributed by atoms with E-state index in [0.29, 0.717) is 0 Å². The first-order chi connectivity index (χ1) is 11.2. The molecule has 2 atom stereocenters. The molecule has 1 N–H and O–H groups in total. The predicted molar refractivity (Wildman–Crippen MR) is 87.7 cm³/mol. The van der Waals surface area contributed by atoms with E-state index in [0.717, 1.165) is 42.7 Å². The van der Waals surface area contributed by atoms with Crippen LogP contribution in [-0.4, -0.2) is 23.5 Å². The Hall–Kier alpha value is -2.36. The number of carbonyl (C=O) groups is 1. The summed E-state index contributed by atoms with van der Waals surface area (Å²) >= 11 is 0. The zero-order valence-electron chi connectivity index (χ0n) is 13.2. The number of nitrogens with one attached hydrogen (secondary N) is 1. The molecule has 0 unspecified atom stereocenters. The molecule has 0 radical (unpaired) electrons. The highest BCUT2D eigenvalue weighted by Crippen LogP contribution is 2.55. The third kappa shape index (κ3) is 2.29. The lowest BCUT2D eigenvalue weighted by molar-refractivity contribution is 0.0944. The summed E-state index contributed by atoms with van der Waals surface area (Å²) in [5, 5.41) is 3.22. The van der Waals surface area contributed by atoms with E-state index < -0.39 is 0 Å². The van der Waals surface area contributed by atoms with Crippen LogP contribution in [0.3, 0.4) is 0 Å². The number of carbonyl (C=O) groups excluding carboxylic acids is 1. The van der Waals surface area contributed by atoms with Gasteiger partial charge in [0.05, 0.1) is 6.61 Å². The fourth-order valence-electron chi connectivity index (χ4n) is 3.72. The average molecular weight is 308 g/mol. The van der Waals surface area contributed by atoms with Gasteiger partial charge in [0.1, 0.15) is 5.75 Å². The maximum atomic E-state index is 12.6. The van der Waals surface area contributed by atoms with Crippen molar-refractivity contribution in [3.63, 3.8) is 0 Å². The Bertz CT molecular complexity index is 759. The van der Waals surface area contributed by atoms with Gasteiger partial charge in [0.15, 0.2) is 0 Å². The summed E-state index contributed by atoms with van der Waals surface area (Å²) in [7, 11) is 0. The first-order valence-electron chi connectivity index (χ1n) is 8.20. The molecule has 1 amide bonds. The quantitative estimate of drug-likeness (QED) is 0.948. The molecule has 1 spiro atoms. The zero-order chi connectivity index (χ0) is 15.9. The number of para-hydroxylation sites is 1. The summed E-state index contributed by atoms with van der Waals surface area (Å²) < 4.78 is 5.75. The summed E-state index contributed by atoms with van der Waals surface area (Å²) in [6, 6.07) is 10.2. The molecule has 1 aromatic heterocycles. The number of rotatable bonds is 3. The highest BCUT2D eigenvalue weighted by atomic mass is 16.5. The van der Waals surface area contributed by atoms with Gasteiger partial charge in [-0.2, -0.15) is 0 Å².